The van der Waals surface area contributed by atoms with Gasteiger partial charge in [0, 0.05) is 11.1 Å². The molecule has 0 fully saturated rings. The Balaban J connectivity index is 1.68. The predicted molar refractivity (Wildman–Crippen MR) is 90.5 cm³/mol. The van der Waals surface area contributed by atoms with E-state index < -0.39 is 0 Å². The molecule has 23 heavy (non-hydrogen) atoms. The Labute approximate surface area is 135 Å². The fourth-order valence-corrected chi connectivity index (χ4v) is 2.00. The largest absolute Gasteiger partial charge is 0.624 e. The van der Waals surface area contributed by atoms with Crippen LogP contribution in [0.1, 0.15) is 11.1 Å². The average molecular weight is 312 g/mol. The number of benzene rings is 2. The van der Waals surface area contributed by atoms with Crippen molar-refractivity contribution in [3.8, 4) is 0 Å². The summed E-state index contributed by atoms with van der Waals surface area (Å²) >= 11 is 0. The van der Waals surface area contributed by atoms with E-state index in [9.17, 15) is 10.4 Å². The maximum Gasteiger partial charge on any atom is 0.178 e. The highest BCUT2D eigenvalue weighted by molar-refractivity contribution is 5.55. The van der Waals surface area contributed by atoms with Crippen molar-refractivity contribution in [3.05, 3.63) is 82.2 Å². The minimum Gasteiger partial charge on any atom is -0.624 e. The molecule has 0 aliphatic heterocycles. The second-order valence-electron chi connectivity index (χ2n) is 5.02. The molecule has 2 rings (SSSR count). The van der Waals surface area contributed by atoms with Crippen molar-refractivity contribution in [2.45, 2.75) is 13.1 Å². The molecule has 0 bridgehead atoms. The fraction of sp³-hybridized carbons (Fsp3) is 0.222. The van der Waals surface area contributed by atoms with E-state index in [0.29, 0.717) is 0 Å². The predicted octanol–water partition coefficient (Wildman–Crippen LogP) is 2.57. The van der Waals surface area contributed by atoms with Crippen LogP contribution in [-0.4, -0.2) is 35.1 Å². The van der Waals surface area contributed by atoms with Crippen LogP contribution in [0.4, 0.5) is 0 Å². The topological polar surface area (TPSA) is 61.4 Å². The average Bonchev–Trinajstić information content (AvgIpc) is 2.56. The number of hydrogen-bond donors (Lipinski definition) is 0. The van der Waals surface area contributed by atoms with Crippen molar-refractivity contribution in [3.63, 3.8) is 0 Å². The summed E-state index contributed by atoms with van der Waals surface area (Å²) in [5.41, 5.74) is 1.89. The van der Waals surface area contributed by atoms with Gasteiger partial charge in [0.15, 0.2) is 25.5 Å². The summed E-state index contributed by atoms with van der Waals surface area (Å²) < 4.78 is 6.91. The van der Waals surface area contributed by atoms with Gasteiger partial charge in [0.2, 0.25) is 0 Å². The molecule has 0 unspecified atom stereocenters. The molecule has 0 saturated carbocycles. The van der Waals surface area contributed by atoms with Crippen molar-refractivity contribution in [1.29, 1.82) is 0 Å². The highest BCUT2D eigenvalue weighted by atomic mass is 16.5. The number of ether oxygens (including phenoxy) is 1. The van der Waals surface area contributed by atoms with Crippen LogP contribution in [0.2, 0.25) is 0 Å². The maximum atomic E-state index is 11.6. The van der Waals surface area contributed by atoms with Crippen LogP contribution in [0, 0.1) is 10.4 Å². The molecule has 0 spiro atoms. The Morgan fingerprint density at radius 2 is 1.09 bits per heavy atom. The minimum atomic E-state index is 0.173. The monoisotopic (exact) mass is 312 g/mol. The van der Waals surface area contributed by atoms with Gasteiger partial charge in [0.05, 0.1) is 0 Å². The van der Waals surface area contributed by atoms with Gasteiger partial charge in [-0.2, -0.15) is 0 Å². The lowest BCUT2D eigenvalue weighted by molar-refractivity contribution is -0.473. The summed E-state index contributed by atoms with van der Waals surface area (Å²) in [6.07, 6.45) is 2.85. The first kappa shape index (κ1) is 16.7. The Hall–Kier alpha value is -2.66. The zero-order chi connectivity index (χ0) is 16.3. The van der Waals surface area contributed by atoms with Gasteiger partial charge in [-0.1, -0.05) is 60.7 Å². The molecule has 0 aromatic heterocycles. The summed E-state index contributed by atoms with van der Waals surface area (Å²) in [5, 5.41) is 23.3. The first-order chi connectivity index (χ1) is 11.2. The number of hydrogen-bond acceptors (Lipinski definition) is 3. The van der Waals surface area contributed by atoms with Gasteiger partial charge in [-0.3, -0.25) is 0 Å². The zero-order valence-electron chi connectivity index (χ0n) is 12.9. The van der Waals surface area contributed by atoms with Crippen molar-refractivity contribution >= 4 is 12.4 Å². The SMILES string of the molecule is [O-]/[N+](=C\COC/C=[N+](\[O-])Cc1ccccc1)Cc1ccccc1. The van der Waals surface area contributed by atoms with E-state index in [-0.39, 0.29) is 26.3 Å². The molecule has 0 N–H and O–H groups in total. The van der Waals surface area contributed by atoms with E-state index in [1.807, 2.05) is 60.7 Å². The molecular weight excluding hydrogens is 292 g/mol. The lowest BCUT2D eigenvalue weighted by Gasteiger charge is -2.05. The molecule has 0 aliphatic rings. The van der Waals surface area contributed by atoms with Gasteiger partial charge < -0.3 is 15.2 Å². The molecule has 0 radical (unpaired) electrons. The first-order valence-corrected chi connectivity index (χ1v) is 7.44. The summed E-state index contributed by atoms with van der Waals surface area (Å²) in [5.74, 6) is 0. The maximum absolute atomic E-state index is 11.6. The number of rotatable bonds is 8. The van der Waals surface area contributed by atoms with Crippen molar-refractivity contribution in [2.24, 2.45) is 0 Å². The van der Waals surface area contributed by atoms with Gasteiger partial charge in [-0.05, 0) is 0 Å². The number of hydroxylamine groups is 2. The summed E-state index contributed by atoms with van der Waals surface area (Å²) in [6, 6.07) is 19.0. The van der Waals surface area contributed by atoms with Crippen LogP contribution in [0.25, 0.3) is 0 Å². The van der Waals surface area contributed by atoms with E-state index in [2.05, 4.69) is 0 Å². The van der Waals surface area contributed by atoms with E-state index in [1.54, 1.807) is 0 Å². The van der Waals surface area contributed by atoms with Crippen LogP contribution in [-0.2, 0) is 17.8 Å². The van der Waals surface area contributed by atoms with Crippen LogP contribution in [0.3, 0.4) is 0 Å². The van der Waals surface area contributed by atoms with E-state index >= 15 is 0 Å². The summed E-state index contributed by atoms with van der Waals surface area (Å²) in [6.45, 7) is 0.920. The standard InChI is InChI=1S/C18H20N2O3/c21-19(15-17-7-3-1-4-8-17)11-13-23-14-12-20(22)16-18-9-5-2-6-10-18/h1-12H,13-16H2/b19-11-,20-12-. The molecule has 120 valence electrons. The Bertz CT molecular complexity index is 582. The summed E-state index contributed by atoms with van der Waals surface area (Å²) in [7, 11) is 0. The van der Waals surface area contributed by atoms with E-state index in [1.165, 1.54) is 12.4 Å². The second kappa shape index (κ2) is 9.38. The normalized spacial score (nSPS) is 12.3. The lowest BCUT2D eigenvalue weighted by Crippen LogP contribution is -2.13. The van der Waals surface area contributed by atoms with Gasteiger partial charge in [0.25, 0.3) is 0 Å². The van der Waals surface area contributed by atoms with Gasteiger partial charge in [-0.15, -0.1) is 0 Å². The third-order valence-electron chi connectivity index (χ3n) is 3.15. The van der Waals surface area contributed by atoms with Crippen molar-refractivity contribution < 1.29 is 14.2 Å². The molecule has 0 atom stereocenters. The first-order valence-electron chi connectivity index (χ1n) is 7.44. The van der Waals surface area contributed by atoms with Crippen molar-refractivity contribution in [1.82, 2.24) is 0 Å². The molecule has 0 heterocycles. The summed E-state index contributed by atoms with van der Waals surface area (Å²) in [4.78, 5) is 0. The van der Waals surface area contributed by atoms with Crippen LogP contribution in [0.5, 0.6) is 0 Å². The molecular formula is C18H20N2O3. The third-order valence-corrected chi connectivity index (χ3v) is 3.15. The Kier molecular flexibility index (Phi) is 6.81. The molecule has 0 saturated heterocycles. The third kappa shape index (κ3) is 6.76. The minimum absolute atomic E-state index is 0.173. The Morgan fingerprint density at radius 3 is 1.48 bits per heavy atom. The fourth-order valence-electron chi connectivity index (χ4n) is 2.00. The lowest BCUT2D eigenvalue weighted by atomic mass is 10.2. The molecule has 5 heteroatoms. The molecule has 5 nitrogen and oxygen atoms in total. The molecule has 0 aliphatic carbocycles. The van der Waals surface area contributed by atoms with E-state index in [0.717, 1.165) is 20.6 Å². The molecule has 2 aromatic carbocycles. The zero-order valence-corrected chi connectivity index (χ0v) is 12.9. The van der Waals surface area contributed by atoms with Crippen molar-refractivity contribution in [2.75, 3.05) is 13.2 Å². The van der Waals surface area contributed by atoms with E-state index in [4.69, 9.17) is 4.74 Å². The van der Waals surface area contributed by atoms with Crippen LogP contribution < -0.4 is 0 Å². The molecule has 2 aromatic rings. The van der Waals surface area contributed by atoms with Crippen LogP contribution >= 0.6 is 0 Å². The number of nitrogens with zero attached hydrogens (tertiary/aromatic N) is 2. The molecule has 0 amide bonds. The highest BCUT2D eigenvalue weighted by Gasteiger charge is 1.99. The van der Waals surface area contributed by atoms with Gasteiger partial charge in [-0.25, -0.2) is 9.48 Å². The quantitative estimate of drug-likeness (QED) is 0.247. The highest BCUT2D eigenvalue weighted by Crippen LogP contribution is 2.00. The second-order valence-corrected chi connectivity index (χ2v) is 5.02. The van der Waals surface area contributed by atoms with Gasteiger partial charge in [0.1, 0.15) is 13.2 Å². The van der Waals surface area contributed by atoms with Crippen LogP contribution in [0.15, 0.2) is 60.7 Å². The Morgan fingerprint density at radius 1 is 0.696 bits per heavy atom. The smallest absolute Gasteiger partial charge is 0.178 e. The van der Waals surface area contributed by atoms with Gasteiger partial charge >= 0.3 is 0 Å².